The molecule has 0 bridgehead atoms. The van der Waals surface area contributed by atoms with Crippen LogP contribution in [-0.4, -0.2) is 35.5 Å². The van der Waals surface area contributed by atoms with E-state index < -0.39 is 11.8 Å². The fourth-order valence-electron chi connectivity index (χ4n) is 1.83. The van der Waals surface area contributed by atoms with Crippen LogP contribution < -0.4 is 4.74 Å². The molecule has 2 rings (SSSR count). The third kappa shape index (κ3) is 2.62. The van der Waals surface area contributed by atoms with Gasteiger partial charge in [0.15, 0.2) is 11.6 Å². The van der Waals surface area contributed by atoms with Crippen LogP contribution in [0.4, 0.5) is 4.39 Å². The molecule has 0 saturated heterocycles. The van der Waals surface area contributed by atoms with Crippen LogP contribution in [0.3, 0.4) is 0 Å². The molecule has 0 aliphatic carbocycles. The van der Waals surface area contributed by atoms with Gasteiger partial charge < -0.3 is 14.6 Å². The van der Waals surface area contributed by atoms with Crippen molar-refractivity contribution in [3.8, 4) is 17.0 Å². The summed E-state index contributed by atoms with van der Waals surface area (Å²) in [6.07, 6.45) is 0. The number of hydrogen-bond donors (Lipinski definition) is 2. The lowest BCUT2D eigenvalue weighted by atomic mass is 10.0. The van der Waals surface area contributed by atoms with Crippen molar-refractivity contribution in [2.24, 2.45) is 0 Å². The monoisotopic (exact) mass is 280 g/mol. The summed E-state index contributed by atoms with van der Waals surface area (Å²) in [5.74, 6) is -1.59. The molecule has 7 heteroatoms. The van der Waals surface area contributed by atoms with Gasteiger partial charge in [0.25, 0.3) is 0 Å². The average Bonchev–Trinajstić information content (AvgIpc) is 2.90. The summed E-state index contributed by atoms with van der Waals surface area (Å²) in [4.78, 5) is 10.8. The molecular formula is C13H13FN2O4. The average molecular weight is 280 g/mol. The highest BCUT2D eigenvalue weighted by Crippen LogP contribution is 2.29. The molecule has 1 heterocycles. The van der Waals surface area contributed by atoms with Crippen LogP contribution in [0.1, 0.15) is 16.1 Å². The first-order chi connectivity index (χ1) is 9.56. The standard InChI is InChI=1S/C13H13FN2O4/c1-19-6-7-3-12(20-2)9(14)4-8(7)10-5-11(13(17)18)16-15-10/h3-5H,6H2,1-2H3,(H,15,16)(H,17,18). The first kappa shape index (κ1) is 14.0. The Kier molecular flexibility index (Phi) is 3.99. The molecule has 0 aliphatic rings. The van der Waals surface area contributed by atoms with Crippen LogP contribution in [0, 0.1) is 5.82 Å². The molecule has 0 fully saturated rings. The number of nitrogens with zero attached hydrogens (tertiary/aromatic N) is 1. The molecular weight excluding hydrogens is 267 g/mol. The van der Waals surface area contributed by atoms with Gasteiger partial charge in [0.05, 0.1) is 19.4 Å². The number of hydrogen-bond acceptors (Lipinski definition) is 4. The third-order valence-corrected chi connectivity index (χ3v) is 2.76. The van der Waals surface area contributed by atoms with Crippen molar-refractivity contribution < 1.29 is 23.8 Å². The molecule has 0 radical (unpaired) electrons. The number of H-pyrrole nitrogens is 1. The van der Waals surface area contributed by atoms with E-state index in [1.54, 1.807) is 0 Å². The number of halogens is 1. The molecule has 0 aliphatic heterocycles. The van der Waals surface area contributed by atoms with Crippen LogP contribution in [0.25, 0.3) is 11.3 Å². The Morgan fingerprint density at radius 1 is 1.40 bits per heavy atom. The zero-order chi connectivity index (χ0) is 14.7. The number of carboxylic acid groups (broad SMARTS) is 1. The zero-order valence-electron chi connectivity index (χ0n) is 10.9. The van der Waals surface area contributed by atoms with Crippen LogP contribution >= 0.6 is 0 Å². The van der Waals surface area contributed by atoms with Gasteiger partial charge in [0.2, 0.25) is 0 Å². The summed E-state index contributed by atoms with van der Waals surface area (Å²) >= 11 is 0. The maximum absolute atomic E-state index is 13.8. The Hall–Kier alpha value is -2.41. The van der Waals surface area contributed by atoms with Crippen molar-refractivity contribution in [1.82, 2.24) is 10.2 Å². The zero-order valence-corrected chi connectivity index (χ0v) is 10.9. The van der Waals surface area contributed by atoms with E-state index in [-0.39, 0.29) is 18.1 Å². The molecule has 0 saturated carbocycles. The Balaban J connectivity index is 2.52. The van der Waals surface area contributed by atoms with E-state index in [0.717, 1.165) is 0 Å². The molecule has 1 aromatic carbocycles. The van der Waals surface area contributed by atoms with E-state index in [0.29, 0.717) is 16.8 Å². The van der Waals surface area contributed by atoms with Gasteiger partial charge in [-0.05, 0) is 23.8 Å². The first-order valence-corrected chi connectivity index (χ1v) is 5.71. The minimum Gasteiger partial charge on any atom is -0.494 e. The van der Waals surface area contributed by atoms with E-state index in [2.05, 4.69) is 10.2 Å². The van der Waals surface area contributed by atoms with Gasteiger partial charge >= 0.3 is 5.97 Å². The van der Waals surface area contributed by atoms with Crippen LogP contribution in [0.5, 0.6) is 5.75 Å². The molecule has 106 valence electrons. The van der Waals surface area contributed by atoms with E-state index in [1.807, 2.05) is 0 Å². The molecule has 2 aromatic rings. The lowest BCUT2D eigenvalue weighted by Crippen LogP contribution is -1.97. The number of nitrogens with one attached hydrogen (secondary N) is 1. The second-order valence-electron chi connectivity index (χ2n) is 4.05. The van der Waals surface area contributed by atoms with Crippen molar-refractivity contribution in [3.63, 3.8) is 0 Å². The number of methoxy groups -OCH3 is 2. The van der Waals surface area contributed by atoms with E-state index in [1.165, 1.54) is 32.4 Å². The van der Waals surface area contributed by atoms with E-state index >= 15 is 0 Å². The fourth-order valence-corrected chi connectivity index (χ4v) is 1.83. The maximum Gasteiger partial charge on any atom is 0.353 e. The summed E-state index contributed by atoms with van der Waals surface area (Å²) in [6, 6.07) is 4.08. The van der Waals surface area contributed by atoms with Crippen molar-refractivity contribution in [2.45, 2.75) is 6.61 Å². The predicted molar refractivity (Wildman–Crippen MR) is 68.2 cm³/mol. The minimum absolute atomic E-state index is 0.0698. The Morgan fingerprint density at radius 3 is 2.70 bits per heavy atom. The van der Waals surface area contributed by atoms with E-state index in [9.17, 15) is 9.18 Å². The van der Waals surface area contributed by atoms with Crippen molar-refractivity contribution in [1.29, 1.82) is 0 Å². The quantitative estimate of drug-likeness (QED) is 0.875. The van der Waals surface area contributed by atoms with Crippen molar-refractivity contribution in [3.05, 3.63) is 35.3 Å². The highest BCUT2D eigenvalue weighted by Gasteiger charge is 2.16. The van der Waals surface area contributed by atoms with Gasteiger partial charge in [0, 0.05) is 12.7 Å². The van der Waals surface area contributed by atoms with Gasteiger partial charge in [0.1, 0.15) is 5.69 Å². The van der Waals surface area contributed by atoms with Gasteiger partial charge in [-0.2, -0.15) is 5.10 Å². The molecule has 1 aromatic heterocycles. The highest BCUT2D eigenvalue weighted by atomic mass is 19.1. The Morgan fingerprint density at radius 2 is 2.15 bits per heavy atom. The number of carbonyl (C=O) groups is 1. The third-order valence-electron chi connectivity index (χ3n) is 2.76. The van der Waals surface area contributed by atoms with Crippen LogP contribution in [0.15, 0.2) is 18.2 Å². The van der Waals surface area contributed by atoms with Gasteiger partial charge in [-0.15, -0.1) is 0 Å². The summed E-state index contributed by atoms with van der Waals surface area (Å²) in [5, 5.41) is 15.1. The predicted octanol–water partition coefficient (Wildman–Crippen LogP) is 2.07. The Bertz CT molecular complexity index is 639. The summed E-state index contributed by atoms with van der Waals surface area (Å²) in [6.45, 7) is 0.223. The normalized spacial score (nSPS) is 10.6. The second-order valence-corrected chi connectivity index (χ2v) is 4.05. The molecule has 20 heavy (non-hydrogen) atoms. The molecule has 0 unspecified atom stereocenters. The number of aromatic nitrogens is 2. The van der Waals surface area contributed by atoms with Crippen LogP contribution in [-0.2, 0) is 11.3 Å². The van der Waals surface area contributed by atoms with Crippen molar-refractivity contribution in [2.75, 3.05) is 14.2 Å². The number of benzene rings is 1. The highest BCUT2D eigenvalue weighted by molar-refractivity contribution is 5.87. The SMILES string of the molecule is COCc1cc(OC)c(F)cc1-c1cc(C(=O)O)[nH]n1. The van der Waals surface area contributed by atoms with E-state index in [4.69, 9.17) is 14.6 Å². The number of carboxylic acids is 1. The summed E-state index contributed by atoms with van der Waals surface area (Å²) in [7, 11) is 2.87. The number of ether oxygens (including phenoxy) is 2. The molecule has 0 spiro atoms. The lowest BCUT2D eigenvalue weighted by Gasteiger charge is -2.10. The number of aromatic amines is 1. The minimum atomic E-state index is -1.13. The van der Waals surface area contributed by atoms with Crippen LogP contribution in [0.2, 0.25) is 0 Å². The van der Waals surface area contributed by atoms with Crippen molar-refractivity contribution >= 4 is 5.97 Å². The largest absolute Gasteiger partial charge is 0.494 e. The van der Waals surface area contributed by atoms with Gasteiger partial charge in [-0.25, -0.2) is 9.18 Å². The molecule has 0 atom stereocenters. The second kappa shape index (κ2) is 5.70. The fraction of sp³-hybridized carbons (Fsp3) is 0.231. The molecule has 0 amide bonds. The lowest BCUT2D eigenvalue weighted by molar-refractivity contribution is 0.0690. The first-order valence-electron chi connectivity index (χ1n) is 5.71. The smallest absolute Gasteiger partial charge is 0.353 e. The molecule has 2 N–H and O–H groups in total. The topological polar surface area (TPSA) is 84.4 Å². The summed E-state index contributed by atoms with van der Waals surface area (Å²) in [5.41, 5.74) is 1.36. The number of rotatable bonds is 5. The molecule has 6 nitrogen and oxygen atoms in total. The number of aromatic carboxylic acids is 1. The maximum atomic E-state index is 13.8. The Labute approximate surface area is 114 Å². The van der Waals surface area contributed by atoms with Gasteiger partial charge in [-0.3, -0.25) is 5.10 Å². The summed E-state index contributed by atoms with van der Waals surface area (Å²) < 4.78 is 23.8. The van der Waals surface area contributed by atoms with Gasteiger partial charge in [-0.1, -0.05) is 0 Å².